The van der Waals surface area contributed by atoms with Crippen molar-refractivity contribution in [1.82, 2.24) is 0 Å². The molecule has 90 valence electrons. The van der Waals surface area contributed by atoms with Crippen molar-refractivity contribution in [2.45, 2.75) is 12.0 Å². The van der Waals surface area contributed by atoms with Gasteiger partial charge in [-0.05, 0) is 6.07 Å². The molecule has 0 aliphatic rings. The van der Waals surface area contributed by atoms with E-state index in [1.54, 1.807) is 0 Å². The van der Waals surface area contributed by atoms with Gasteiger partial charge < -0.3 is 10.8 Å². The molecule has 0 saturated carbocycles. The van der Waals surface area contributed by atoms with Gasteiger partial charge in [0.15, 0.2) is 11.6 Å². The molecule has 0 fully saturated rings. The number of alkyl halides is 2. The minimum Gasteiger partial charge on any atom is -0.390 e. The highest BCUT2D eigenvalue weighted by atomic mass is 19.3. The van der Waals surface area contributed by atoms with Crippen LogP contribution in [0, 0.1) is 17.5 Å². The molecule has 0 aliphatic heterocycles. The van der Waals surface area contributed by atoms with Gasteiger partial charge in [-0.2, -0.15) is 0 Å². The first kappa shape index (κ1) is 12.9. The van der Waals surface area contributed by atoms with Gasteiger partial charge in [0.1, 0.15) is 12.4 Å². The summed E-state index contributed by atoms with van der Waals surface area (Å²) in [5.74, 6) is -8.19. The number of hydrogen-bond donors (Lipinski definition) is 2. The molecule has 0 aromatic heterocycles. The number of aliphatic hydroxyl groups excluding tert-OH is 1. The van der Waals surface area contributed by atoms with E-state index in [-0.39, 0.29) is 12.1 Å². The Labute approximate surface area is 87.5 Å². The lowest BCUT2D eigenvalue weighted by Gasteiger charge is -2.22. The number of hydrogen-bond acceptors (Lipinski definition) is 2. The minimum absolute atomic E-state index is 0.123. The summed E-state index contributed by atoms with van der Waals surface area (Å²) in [4.78, 5) is 0. The van der Waals surface area contributed by atoms with E-state index >= 15 is 0 Å². The van der Waals surface area contributed by atoms with Crippen molar-refractivity contribution in [1.29, 1.82) is 0 Å². The Hall–Kier alpha value is -1.21. The second kappa shape index (κ2) is 4.34. The first-order valence-corrected chi connectivity index (χ1v) is 4.18. The number of aliphatic hydroxyl groups is 1. The Morgan fingerprint density at radius 2 is 1.62 bits per heavy atom. The van der Waals surface area contributed by atoms with Gasteiger partial charge in [-0.15, -0.1) is 0 Å². The van der Waals surface area contributed by atoms with Crippen LogP contribution in [0.25, 0.3) is 0 Å². The second-order valence-electron chi connectivity index (χ2n) is 3.18. The van der Waals surface area contributed by atoms with Crippen molar-refractivity contribution >= 4 is 0 Å². The van der Waals surface area contributed by atoms with Gasteiger partial charge in [-0.25, -0.2) is 22.0 Å². The largest absolute Gasteiger partial charge is 0.390 e. The summed E-state index contributed by atoms with van der Waals surface area (Å²) in [5, 5.41) is 8.32. The van der Waals surface area contributed by atoms with E-state index in [0.717, 1.165) is 0 Å². The molecule has 1 aromatic carbocycles. The summed E-state index contributed by atoms with van der Waals surface area (Å²) in [6.45, 7) is -1.62. The number of halogens is 5. The van der Waals surface area contributed by atoms with Gasteiger partial charge in [-0.3, -0.25) is 0 Å². The predicted octanol–water partition coefficient (Wildman–Crippen LogP) is 1.73. The van der Waals surface area contributed by atoms with E-state index in [9.17, 15) is 22.0 Å². The lowest BCUT2D eigenvalue weighted by molar-refractivity contribution is -0.0719. The molecule has 0 bridgehead atoms. The van der Waals surface area contributed by atoms with Crippen LogP contribution < -0.4 is 5.73 Å². The summed E-state index contributed by atoms with van der Waals surface area (Å²) in [6, 6.07) is -1.87. The molecule has 2 nitrogen and oxygen atoms in total. The molecule has 0 aliphatic carbocycles. The molecule has 0 heterocycles. The van der Waals surface area contributed by atoms with E-state index in [4.69, 9.17) is 10.8 Å². The summed E-state index contributed by atoms with van der Waals surface area (Å²) in [5.41, 5.74) is 4.07. The summed E-state index contributed by atoms with van der Waals surface area (Å²) in [7, 11) is 0. The lowest BCUT2D eigenvalue weighted by Crippen LogP contribution is -2.37. The Kier molecular flexibility index (Phi) is 3.49. The number of nitrogens with two attached hydrogens (primary N) is 1. The molecule has 0 saturated heterocycles. The standard InChI is InChI=1S/C9H8F5NO/c10-5-2-7(12)6(11)1-4(5)8(15)9(13,14)3-16/h1-2,8,16H,3,15H2/t8-/m1/s1. The highest BCUT2D eigenvalue weighted by molar-refractivity contribution is 5.25. The Morgan fingerprint density at radius 3 is 2.12 bits per heavy atom. The van der Waals surface area contributed by atoms with Crippen LogP contribution in [0.15, 0.2) is 12.1 Å². The molecule has 3 N–H and O–H groups in total. The van der Waals surface area contributed by atoms with E-state index in [1.165, 1.54) is 0 Å². The third-order valence-corrected chi connectivity index (χ3v) is 2.04. The second-order valence-corrected chi connectivity index (χ2v) is 3.18. The van der Waals surface area contributed by atoms with E-state index in [1.807, 2.05) is 0 Å². The molecule has 0 radical (unpaired) electrons. The summed E-state index contributed by atoms with van der Waals surface area (Å²) in [6.07, 6.45) is 0. The van der Waals surface area contributed by atoms with Gasteiger partial charge in [0.25, 0.3) is 5.92 Å². The molecule has 7 heteroatoms. The van der Waals surface area contributed by atoms with Gasteiger partial charge in [0, 0.05) is 11.6 Å². The SMILES string of the molecule is N[C@H](c1cc(F)c(F)cc1F)C(F)(F)CO. The smallest absolute Gasteiger partial charge is 0.289 e. The molecule has 1 aromatic rings. The van der Waals surface area contributed by atoms with Crippen molar-refractivity contribution in [3.8, 4) is 0 Å². The average molecular weight is 241 g/mol. The van der Waals surface area contributed by atoms with Crippen LogP contribution in [0.4, 0.5) is 22.0 Å². The fourth-order valence-corrected chi connectivity index (χ4v) is 1.10. The van der Waals surface area contributed by atoms with Crippen molar-refractivity contribution in [2.24, 2.45) is 5.73 Å². The van der Waals surface area contributed by atoms with Crippen LogP contribution in [-0.2, 0) is 0 Å². The Bertz CT molecular complexity index is 396. The van der Waals surface area contributed by atoms with Crippen LogP contribution >= 0.6 is 0 Å². The predicted molar refractivity (Wildman–Crippen MR) is 45.3 cm³/mol. The fraction of sp³-hybridized carbons (Fsp3) is 0.333. The van der Waals surface area contributed by atoms with Crippen molar-refractivity contribution in [3.05, 3.63) is 35.1 Å². The Morgan fingerprint density at radius 1 is 1.12 bits per heavy atom. The maximum absolute atomic E-state index is 13.0. The maximum atomic E-state index is 13.0. The fourth-order valence-electron chi connectivity index (χ4n) is 1.10. The van der Waals surface area contributed by atoms with Crippen LogP contribution in [-0.4, -0.2) is 17.6 Å². The zero-order chi connectivity index (χ0) is 12.5. The normalized spacial score (nSPS) is 13.9. The van der Waals surface area contributed by atoms with Gasteiger partial charge >= 0.3 is 0 Å². The molecule has 0 unspecified atom stereocenters. The monoisotopic (exact) mass is 241 g/mol. The average Bonchev–Trinajstić information content (AvgIpc) is 2.22. The maximum Gasteiger partial charge on any atom is 0.289 e. The topological polar surface area (TPSA) is 46.2 Å². The molecule has 16 heavy (non-hydrogen) atoms. The molecule has 1 atom stereocenters. The summed E-state index contributed by atoms with van der Waals surface area (Å²) >= 11 is 0. The third-order valence-electron chi connectivity index (χ3n) is 2.04. The first-order chi connectivity index (χ1) is 7.29. The molecular formula is C9H8F5NO. The van der Waals surface area contributed by atoms with Crippen LogP contribution in [0.5, 0.6) is 0 Å². The highest BCUT2D eigenvalue weighted by Gasteiger charge is 2.39. The quantitative estimate of drug-likeness (QED) is 0.625. The Balaban J connectivity index is 3.19. The molecule has 0 amide bonds. The molecular weight excluding hydrogens is 233 g/mol. The van der Waals surface area contributed by atoms with E-state index < -0.39 is 41.6 Å². The minimum atomic E-state index is -3.81. The lowest BCUT2D eigenvalue weighted by atomic mass is 10.0. The highest BCUT2D eigenvalue weighted by Crippen LogP contribution is 2.31. The zero-order valence-corrected chi connectivity index (χ0v) is 7.85. The van der Waals surface area contributed by atoms with Gasteiger partial charge in [0.05, 0.1) is 6.04 Å². The molecule has 0 spiro atoms. The van der Waals surface area contributed by atoms with Crippen molar-refractivity contribution < 1.29 is 27.1 Å². The number of benzene rings is 1. The van der Waals surface area contributed by atoms with Gasteiger partial charge in [-0.1, -0.05) is 0 Å². The van der Waals surface area contributed by atoms with Crippen LogP contribution in [0.3, 0.4) is 0 Å². The van der Waals surface area contributed by atoms with Crippen LogP contribution in [0.2, 0.25) is 0 Å². The third kappa shape index (κ3) is 2.30. The zero-order valence-electron chi connectivity index (χ0n) is 7.85. The number of rotatable bonds is 3. The molecule has 1 rings (SSSR count). The first-order valence-electron chi connectivity index (χ1n) is 4.18. The summed E-state index contributed by atoms with van der Waals surface area (Å²) < 4.78 is 64.0. The van der Waals surface area contributed by atoms with E-state index in [0.29, 0.717) is 0 Å². The van der Waals surface area contributed by atoms with E-state index in [2.05, 4.69) is 0 Å². The van der Waals surface area contributed by atoms with Crippen LogP contribution in [0.1, 0.15) is 11.6 Å². The van der Waals surface area contributed by atoms with Crippen molar-refractivity contribution in [2.75, 3.05) is 6.61 Å². The van der Waals surface area contributed by atoms with Crippen molar-refractivity contribution in [3.63, 3.8) is 0 Å². The van der Waals surface area contributed by atoms with Gasteiger partial charge in [0.2, 0.25) is 0 Å².